The molecule has 1 amide bonds. The van der Waals surface area contributed by atoms with E-state index in [1.54, 1.807) is 25.5 Å². The van der Waals surface area contributed by atoms with Crippen LogP contribution >= 0.6 is 0 Å². The topological polar surface area (TPSA) is 54.7 Å². The molecule has 1 unspecified atom stereocenters. The highest BCUT2D eigenvalue weighted by atomic mass is 16.5. The van der Waals surface area contributed by atoms with Crippen molar-refractivity contribution < 1.29 is 13.9 Å². The lowest BCUT2D eigenvalue weighted by atomic mass is 9.97. The third kappa shape index (κ3) is 4.58. The lowest BCUT2D eigenvalue weighted by molar-refractivity contribution is 0.00697. The normalized spacial score (nSPS) is 18.5. The molecule has 2 heterocycles. The highest BCUT2D eigenvalue weighted by molar-refractivity contribution is 5.91. The van der Waals surface area contributed by atoms with Crippen LogP contribution in [0.15, 0.2) is 22.8 Å². The van der Waals surface area contributed by atoms with Crippen LogP contribution in [0.25, 0.3) is 0 Å². The van der Waals surface area contributed by atoms with Crippen molar-refractivity contribution in [2.45, 2.75) is 57.7 Å². The molecule has 0 spiro atoms. The number of carbonyl (C=O) groups is 1. The predicted octanol–water partition coefficient (Wildman–Crippen LogP) is 2.68. The molecule has 0 aliphatic carbocycles. The van der Waals surface area contributed by atoms with E-state index in [9.17, 15) is 4.79 Å². The number of carbonyl (C=O) groups excluding carboxylic acids is 1. The molecular formula is C17H28N2O3. The predicted molar refractivity (Wildman–Crippen MR) is 85.9 cm³/mol. The Labute approximate surface area is 133 Å². The first-order chi connectivity index (χ1) is 10.4. The maximum absolute atomic E-state index is 12.2. The molecule has 1 fully saturated rings. The summed E-state index contributed by atoms with van der Waals surface area (Å²) in [6.07, 6.45) is 4.46. The van der Waals surface area contributed by atoms with Gasteiger partial charge in [0.1, 0.15) is 0 Å². The van der Waals surface area contributed by atoms with Gasteiger partial charge in [-0.3, -0.25) is 4.79 Å². The van der Waals surface area contributed by atoms with Crippen LogP contribution in [0.1, 0.15) is 50.6 Å². The Balaban J connectivity index is 1.76. The van der Waals surface area contributed by atoms with Gasteiger partial charge in [-0.1, -0.05) is 0 Å². The van der Waals surface area contributed by atoms with E-state index >= 15 is 0 Å². The highest BCUT2D eigenvalue weighted by Gasteiger charge is 2.27. The molecule has 0 saturated carbocycles. The molecule has 5 heteroatoms. The number of hydrogen-bond acceptors (Lipinski definition) is 4. The van der Waals surface area contributed by atoms with Crippen molar-refractivity contribution in [3.8, 4) is 0 Å². The van der Waals surface area contributed by atoms with E-state index in [0.29, 0.717) is 17.8 Å². The monoisotopic (exact) mass is 308 g/mol. The number of nitrogens with zero attached hydrogens (tertiary/aromatic N) is 1. The molecular weight excluding hydrogens is 280 g/mol. The third-order valence-electron chi connectivity index (χ3n) is 4.38. The Morgan fingerprint density at radius 3 is 2.73 bits per heavy atom. The molecule has 124 valence electrons. The van der Waals surface area contributed by atoms with Crippen molar-refractivity contribution in [2.75, 3.05) is 20.2 Å². The Morgan fingerprint density at radius 1 is 1.50 bits per heavy atom. The number of nitrogens with one attached hydrogen (secondary N) is 1. The fraction of sp³-hybridized carbons (Fsp3) is 0.706. The first-order valence-electron chi connectivity index (χ1n) is 8.05. The minimum atomic E-state index is -0.109. The maximum Gasteiger partial charge on any atom is 0.289 e. The standard InChI is InChI=1S/C17H28N2O3/c1-13(12-17(2,3)21-4)18-14-7-9-19(10-8-14)16(20)15-6-5-11-22-15/h5-6,11,13-14,18H,7-10,12H2,1-4H3. The van der Waals surface area contributed by atoms with Crippen molar-refractivity contribution in [3.05, 3.63) is 24.2 Å². The van der Waals surface area contributed by atoms with Gasteiger partial charge in [0.05, 0.1) is 11.9 Å². The summed E-state index contributed by atoms with van der Waals surface area (Å²) in [7, 11) is 1.76. The van der Waals surface area contributed by atoms with Crippen LogP contribution in [-0.2, 0) is 4.74 Å². The molecule has 0 bridgehead atoms. The van der Waals surface area contributed by atoms with Crippen LogP contribution in [0.3, 0.4) is 0 Å². The van der Waals surface area contributed by atoms with Gasteiger partial charge in [-0.05, 0) is 52.2 Å². The minimum Gasteiger partial charge on any atom is -0.459 e. The number of likely N-dealkylation sites (tertiary alicyclic amines) is 1. The van der Waals surface area contributed by atoms with Crippen LogP contribution < -0.4 is 5.32 Å². The number of ether oxygens (including phenoxy) is 1. The number of amides is 1. The van der Waals surface area contributed by atoms with Gasteiger partial charge in [0.25, 0.3) is 5.91 Å². The second-order valence-corrected chi connectivity index (χ2v) is 6.78. The van der Waals surface area contributed by atoms with Crippen molar-refractivity contribution in [2.24, 2.45) is 0 Å². The van der Waals surface area contributed by atoms with E-state index in [4.69, 9.17) is 9.15 Å². The molecule has 0 aromatic carbocycles. The molecule has 1 aromatic rings. The Morgan fingerprint density at radius 2 is 2.18 bits per heavy atom. The summed E-state index contributed by atoms with van der Waals surface area (Å²) in [5.41, 5.74) is -0.109. The number of methoxy groups -OCH3 is 1. The van der Waals surface area contributed by atoms with E-state index in [1.807, 2.05) is 4.90 Å². The zero-order valence-corrected chi connectivity index (χ0v) is 14.1. The molecule has 2 rings (SSSR count). The molecule has 1 aliphatic rings. The molecule has 1 saturated heterocycles. The lowest BCUT2D eigenvalue weighted by Crippen LogP contribution is -2.48. The minimum absolute atomic E-state index is 0.00276. The average Bonchev–Trinajstić information content (AvgIpc) is 3.01. The summed E-state index contributed by atoms with van der Waals surface area (Å²) >= 11 is 0. The largest absolute Gasteiger partial charge is 0.459 e. The molecule has 22 heavy (non-hydrogen) atoms. The van der Waals surface area contributed by atoms with E-state index in [-0.39, 0.29) is 11.5 Å². The van der Waals surface area contributed by atoms with Crippen LogP contribution in [0, 0.1) is 0 Å². The van der Waals surface area contributed by atoms with Gasteiger partial charge in [-0.25, -0.2) is 0 Å². The zero-order valence-electron chi connectivity index (χ0n) is 14.1. The summed E-state index contributed by atoms with van der Waals surface area (Å²) in [6.45, 7) is 7.96. The summed E-state index contributed by atoms with van der Waals surface area (Å²) < 4.78 is 10.7. The SMILES string of the molecule is COC(C)(C)CC(C)NC1CCN(C(=O)c2ccco2)CC1. The molecule has 1 atom stereocenters. The first-order valence-corrected chi connectivity index (χ1v) is 8.05. The number of furan rings is 1. The second-order valence-electron chi connectivity index (χ2n) is 6.78. The van der Waals surface area contributed by atoms with Crippen molar-refractivity contribution in [3.63, 3.8) is 0 Å². The van der Waals surface area contributed by atoms with Gasteiger partial charge < -0.3 is 19.4 Å². The number of hydrogen-bond donors (Lipinski definition) is 1. The summed E-state index contributed by atoms with van der Waals surface area (Å²) in [5.74, 6) is 0.429. The van der Waals surface area contributed by atoms with Crippen LogP contribution in [0.2, 0.25) is 0 Å². The molecule has 0 radical (unpaired) electrons. The van der Waals surface area contributed by atoms with E-state index in [0.717, 1.165) is 32.4 Å². The average molecular weight is 308 g/mol. The lowest BCUT2D eigenvalue weighted by Gasteiger charge is -2.35. The molecule has 1 aromatic heterocycles. The van der Waals surface area contributed by atoms with Gasteiger partial charge in [0.15, 0.2) is 5.76 Å². The maximum atomic E-state index is 12.2. The second kappa shape index (κ2) is 7.29. The van der Waals surface area contributed by atoms with Crippen molar-refractivity contribution >= 4 is 5.91 Å². The van der Waals surface area contributed by atoms with E-state index in [1.165, 1.54) is 0 Å². The number of rotatable bonds is 6. The third-order valence-corrected chi connectivity index (χ3v) is 4.38. The van der Waals surface area contributed by atoms with Crippen molar-refractivity contribution in [1.82, 2.24) is 10.2 Å². The fourth-order valence-corrected chi connectivity index (χ4v) is 3.09. The van der Waals surface area contributed by atoms with Gasteiger partial charge >= 0.3 is 0 Å². The molecule has 1 aliphatic heterocycles. The van der Waals surface area contributed by atoms with E-state index < -0.39 is 0 Å². The van der Waals surface area contributed by atoms with Crippen molar-refractivity contribution in [1.29, 1.82) is 0 Å². The van der Waals surface area contributed by atoms with Gasteiger partial charge in [-0.2, -0.15) is 0 Å². The van der Waals surface area contributed by atoms with Crippen LogP contribution in [0.5, 0.6) is 0 Å². The van der Waals surface area contributed by atoms with Gasteiger partial charge in [-0.15, -0.1) is 0 Å². The number of piperidine rings is 1. The van der Waals surface area contributed by atoms with Gasteiger partial charge in [0, 0.05) is 32.3 Å². The van der Waals surface area contributed by atoms with Gasteiger partial charge in [0.2, 0.25) is 0 Å². The van der Waals surface area contributed by atoms with Crippen LogP contribution in [-0.4, -0.2) is 48.7 Å². The quantitative estimate of drug-likeness (QED) is 0.878. The van der Waals surface area contributed by atoms with E-state index in [2.05, 4.69) is 26.1 Å². The Bertz CT molecular complexity index is 462. The molecule has 1 N–H and O–H groups in total. The summed E-state index contributed by atoms with van der Waals surface area (Å²) in [5, 5.41) is 3.66. The van der Waals surface area contributed by atoms with Crippen LogP contribution in [0.4, 0.5) is 0 Å². The Hall–Kier alpha value is -1.33. The zero-order chi connectivity index (χ0) is 16.2. The first kappa shape index (κ1) is 17.0. The Kier molecular flexibility index (Phi) is 5.64. The fourth-order valence-electron chi connectivity index (χ4n) is 3.09. The smallest absolute Gasteiger partial charge is 0.289 e. The summed E-state index contributed by atoms with van der Waals surface area (Å²) in [4.78, 5) is 14.1. The molecule has 5 nitrogen and oxygen atoms in total. The summed E-state index contributed by atoms with van der Waals surface area (Å²) in [6, 6.07) is 4.33. The highest BCUT2D eigenvalue weighted by Crippen LogP contribution is 2.18.